The highest BCUT2D eigenvalue weighted by Gasteiger charge is 2.06. The molecule has 0 aliphatic carbocycles. The third-order valence-electron chi connectivity index (χ3n) is 4.45. The van der Waals surface area contributed by atoms with E-state index in [0.717, 1.165) is 41.7 Å². The number of anilines is 5. The van der Waals surface area contributed by atoms with E-state index < -0.39 is 0 Å². The van der Waals surface area contributed by atoms with Crippen molar-refractivity contribution in [2.45, 2.75) is 20.8 Å². The van der Waals surface area contributed by atoms with Gasteiger partial charge in [0.15, 0.2) is 0 Å². The molecule has 0 saturated heterocycles. The lowest BCUT2D eigenvalue weighted by molar-refractivity contribution is 0.415. The molecule has 2 N–H and O–H groups in total. The molecule has 0 aliphatic rings. The lowest BCUT2D eigenvalue weighted by Crippen LogP contribution is -2.21. The number of benzene rings is 2. The van der Waals surface area contributed by atoms with Crippen LogP contribution >= 0.6 is 0 Å². The smallest absolute Gasteiger partial charge is 0.229 e. The first-order chi connectivity index (χ1) is 13.6. The molecule has 3 aromatic rings. The van der Waals surface area contributed by atoms with Gasteiger partial charge in [0, 0.05) is 48.0 Å². The molecule has 0 bridgehead atoms. The molecule has 2 aromatic carbocycles. The first-order valence-corrected chi connectivity index (χ1v) is 9.50. The zero-order valence-corrected chi connectivity index (χ0v) is 16.9. The molecular formula is C22H27N5O. The molecule has 0 atom stereocenters. The summed E-state index contributed by atoms with van der Waals surface area (Å²) in [6.07, 6.45) is 0. The molecule has 0 spiro atoms. The van der Waals surface area contributed by atoms with Gasteiger partial charge in [-0.15, -0.1) is 0 Å². The van der Waals surface area contributed by atoms with E-state index >= 15 is 0 Å². The molecule has 0 fully saturated rings. The summed E-state index contributed by atoms with van der Waals surface area (Å²) in [6, 6.07) is 18.0. The van der Waals surface area contributed by atoms with Crippen molar-refractivity contribution < 1.29 is 4.74 Å². The molecule has 0 radical (unpaired) electrons. The first kappa shape index (κ1) is 19.5. The van der Waals surface area contributed by atoms with E-state index in [1.165, 1.54) is 5.69 Å². The Morgan fingerprint density at radius 3 is 2.32 bits per heavy atom. The highest BCUT2D eigenvalue weighted by molar-refractivity contribution is 5.63. The molecule has 3 rings (SSSR count). The molecule has 1 heterocycles. The number of nitrogens with one attached hydrogen (secondary N) is 2. The van der Waals surface area contributed by atoms with Gasteiger partial charge >= 0.3 is 0 Å². The summed E-state index contributed by atoms with van der Waals surface area (Å²) >= 11 is 0. The maximum absolute atomic E-state index is 5.27. The van der Waals surface area contributed by atoms with Crippen LogP contribution in [0.4, 0.5) is 28.8 Å². The number of methoxy groups -OCH3 is 1. The van der Waals surface area contributed by atoms with Gasteiger partial charge < -0.3 is 20.3 Å². The Hall–Kier alpha value is -3.28. The number of rotatable bonds is 8. The Kier molecular flexibility index (Phi) is 6.32. The summed E-state index contributed by atoms with van der Waals surface area (Å²) in [5, 5.41) is 6.60. The second kappa shape index (κ2) is 9.08. The van der Waals surface area contributed by atoms with Crippen molar-refractivity contribution in [1.29, 1.82) is 0 Å². The normalized spacial score (nSPS) is 10.4. The molecule has 0 unspecified atom stereocenters. The summed E-state index contributed by atoms with van der Waals surface area (Å²) in [6.45, 7) is 8.25. The SMILES string of the molecule is CCN(CC)c1ccc(Nc2nc(C)cc(Nc3cccc(OC)c3)n2)cc1. The summed E-state index contributed by atoms with van der Waals surface area (Å²) < 4.78 is 5.27. The van der Waals surface area contributed by atoms with E-state index in [0.29, 0.717) is 5.95 Å². The number of hydrogen-bond donors (Lipinski definition) is 2. The van der Waals surface area contributed by atoms with Crippen LogP contribution in [0, 0.1) is 6.92 Å². The van der Waals surface area contributed by atoms with Crippen LogP contribution in [-0.4, -0.2) is 30.2 Å². The van der Waals surface area contributed by atoms with Gasteiger partial charge in [0.2, 0.25) is 5.95 Å². The largest absolute Gasteiger partial charge is 0.497 e. The van der Waals surface area contributed by atoms with Crippen LogP contribution in [0.15, 0.2) is 54.6 Å². The standard InChI is InChI=1S/C22H27N5O/c1-5-27(6-2)19-12-10-17(11-13-19)25-22-23-16(3)14-21(26-22)24-18-8-7-9-20(15-18)28-4/h7-15H,5-6H2,1-4H3,(H2,23,24,25,26). The fourth-order valence-electron chi connectivity index (χ4n) is 3.01. The molecular weight excluding hydrogens is 350 g/mol. The van der Waals surface area contributed by atoms with Gasteiger partial charge in [-0.25, -0.2) is 4.98 Å². The lowest BCUT2D eigenvalue weighted by atomic mass is 10.2. The zero-order valence-electron chi connectivity index (χ0n) is 16.9. The molecule has 6 heteroatoms. The van der Waals surface area contributed by atoms with Crippen molar-refractivity contribution in [2.24, 2.45) is 0 Å². The Bertz CT molecular complexity index is 907. The van der Waals surface area contributed by atoms with Crippen molar-refractivity contribution in [1.82, 2.24) is 9.97 Å². The fraction of sp³-hybridized carbons (Fsp3) is 0.273. The molecule has 0 saturated carbocycles. The van der Waals surface area contributed by atoms with E-state index in [1.54, 1.807) is 7.11 Å². The molecule has 28 heavy (non-hydrogen) atoms. The van der Waals surface area contributed by atoms with Gasteiger partial charge in [-0.05, 0) is 57.2 Å². The Labute approximate surface area is 166 Å². The number of aryl methyl sites for hydroxylation is 1. The summed E-state index contributed by atoms with van der Waals surface area (Å²) in [5.74, 6) is 2.08. The number of ether oxygens (including phenoxy) is 1. The van der Waals surface area contributed by atoms with Crippen LogP contribution in [-0.2, 0) is 0 Å². The third-order valence-corrected chi connectivity index (χ3v) is 4.45. The predicted molar refractivity (Wildman–Crippen MR) is 116 cm³/mol. The third kappa shape index (κ3) is 4.91. The molecule has 146 valence electrons. The maximum atomic E-state index is 5.27. The van der Waals surface area contributed by atoms with E-state index in [9.17, 15) is 0 Å². The molecule has 0 aliphatic heterocycles. The Balaban J connectivity index is 1.76. The minimum Gasteiger partial charge on any atom is -0.497 e. The minimum atomic E-state index is 0.556. The van der Waals surface area contributed by atoms with E-state index in [1.807, 2.05) is 37.3 Å². The second-order valence-electron chi connectivity index (χ2n) is 6.42. The average molecular weight is 377 g/mol. The Morgan fingerprint density at radius 2 is 1.64 bits per heavy atom. The van der Waals surface area contributed by atoms with Crippen molar-refractivity contribution >= 4 is 28.8 Å². The topological polar surface area (TPSA) is 62.3 Å². The minimum absolute atomic E-state index is 0.556. The van der Waals surface area contributed by atoms with Gasteiger partial charge in [-0.1, -0.05) is 6.07 Å². The second-order valence-corrected chi connectivity index (χ2v) is 6.42. The monoisotopic (exact) mass is 377 g/mol. The van der Waals surface area contributed by atoms with E-state index in [4.69, 9.17) is 4.74 Å². The zero-order chi connectivity index (χ0) is 19.9. The predicted octanol–water partition coefficient (Wildman–Crippen LogP) is 5.13. The van der Waals surface area contributed by atoms with Crippen LogP contribution in [0.1, 0.15) is 19.5 Å². The van der Waals surface area contributed by atoms with Crippen LogP contribution in [0.2, 0.25) is 0 Å². The summed E-state index contributed by atoms with van der Waals surface area (Å²) in [7, 11) is 1.65. The van der Waals surface area contributed by atoms with Crippen molar-refractivity contribution in [3.05, 3.63) is 60.3 Å². The van der Waals surface area contributed by atoms with Gasteiger partial charge in [-0.2, -0.15) is 4.98 Å². The number of hydrogen-bond acceptors (Lipinski definition) is 6. The lowest BCUT2D eigenvalue weighted by Gasteiger charge is -2.21. The van der Waals surface area contributed by atoms with E-state index in [2.05, 4.69) is 63.6 Å². The fourth-order valence-corrected chi connectivity index (χ4v) is 3.01. The van der Waals surface area contributed by atoms with Gasteiger partial charge in [-0.3, -0.25) is 0 Å². The van der Waals surface area contributed by atoms with E-state index in [-0.39, 0.29) is 0 Å². The molecule has 6 nitrogen and oxygen atoms in total. The van der Waals surface area contributed by atoms with Crippen LogP contribution in [0.3, 0.4) is 0 Å². The highest BCUT2D eigenvalue weighted by Crippen LogP contribution is 2.23. The number of aromatic nitrogens is 2. The maximum Gasteiger partial charge on any atom is 0.229 e. The van der Waals surface area contributed by atoms with Crippen molar-refractivity contribution in [3.63, 3.8) is 0 Å². The molecule has 0 amide bonds. The van der Waals surface area contributed by atoms with Gasteiger partial charge in [0.05, 0.1) is 7.11 Å². The highest BCUT2D eigenvalue weighted by atomic mass is 16.5. The van der Waals surface area contributed by atoms with Crippen LogP contribution < -0.4 is 20.3 Å². The Morgan fingerprint density at radius 1 is 0.893 bits per heavy atom. The van der Waals surface area contributed by atoms with Crippen molar-refractivity contribution in [3.8, 4) is 5.75 Å². The molecule has 1 aromatic heterocycles. The first-order valence-electron chi connectivity index (χ1n) is 9.50. The van der Waals surface area contributed by atoms with Gasteiger partial charge in [0.1, 0.15) is 11.6 Å². The average Bonchev–Trinajstić information content (AvgIpc) is 2.70. The quantitative estimate of drug-likeness (QED) is 0.568. The van der Waals surface area contributed by atoms with Gasteiger partial charge in [0.25, 0.3) is 0 Å². The summed E-state index contributed by atoms with van der Waals surface area (Å²) in [4.78, 5) is 11.4. The van der Waals surface area contributed by atoms with Crippen LogP contribution in [0.5, 0.6) is 5.75 Å². The van der Waals surface area contributed by atoms with Crippen molar-refractivity contribution in [2.75, 3.05) is 35.7 Å². The number of nitrogens with zero attached hydrogens (tertiary/aromatic N) is 3. The summed E-state index contributed by atoms with van der Waals surface area (Å²) in [5.41, 5.74) is 3.95. The van der Waals surface area contributed by atoms with Crippen LogP contribution in [0.25, 0.3) is 0 Å².